The monoisotopic (exact) mass is 211 g/mol. The first-order chi connectivity index (χ1) is 7.43. The van der Waals surface area contributed by atoms with E-state index in [2.05, 4.69) is 40.7 Å². The highest BCUT2D eigenvalue weighted by Crippen LogP contribution is 2.32. The van der Waals surface area contributed by atoms with E-state index in [4.69, 9.17) is 0 Å². The molecule has 0 saturated heterocycles. The molecule has 3 rings (SSSR count). The Morgan fingerprint density at radius 3 is 2.87 bits per heavy atom. The van der Waals surface area contributed by atoms with Crippen LogP contribution in [0, 0.1) is 0 Å². The van der Waals surface area contributed by atoms with Crippen molar-refractivity contribution in [2.24, 2.45) is 4.99 Å². The van der Waals surface area contributed by atoms with E-state index in [0.29, 0.717) is 0 Å². The molecule has 2 aromatic rings. The third kappa shape index (κ3) is 1.53. The molecule has 1 nitrogen and oxygen atoms in total. The number of hydrogen-bond acceptors (Lipinski definition) is 2. The summed E-state index contributed by atoms with van der Waals surface area (Å²) >= 11 is 1.75. The first-order valence-corrected chi connectivity index (χ1v) is 5.70. The molecule has 15 heavy (non-hydrogen) atoms. The fourth-order valence-corrected chi connectivity index (χ4v) is 2.35. The summed E-state index contributed by atoms with van der Waals surface area (Å²) in [5, 5.41) is 2.09. The van der Waals surface area contributed by atoms with Gasteiger partial charge in [0.15, 0.2) is 0 Å². The maximum atomic E-state index is 4.37. The van der Waals surface area contributed by atoms with Crippen molar-refractivity contribution >= 4 is 34.9 Å². The SMILES string of the molecule is C1=Nc2ccccc2/C1=C/c1cccs1. The topological polar surface area (TPSA) is 12.4 Å². The van der Waals surface area contributed by atoms with Gasteiger partial charge in [0.1, 0.15) is 0 Å². The summed E-state index contributed by atoms with van der Waals surface area (Å²) < 4.78 is 0. The molecule has 2 heterocycles. The molecule has 0 aliphatic carbocycles. The predicted molar refractivity (Wildman–Crippen MR) is 66.8 cm³/mol. The molecule has 0 radical (unpaired) electrons. The standard InChI is InChI=1S/C13H9NS/c1-2-6-13-12(5-1)10(9-14-13)8-11-4-3-7-15-11/h1-9H/b10-8+. The molecule has 0 atom stereocenters. The van der Waals surface area contributed by atoms with Crippen LogP contribution in [0.1, 0.15) is 10.4 Å². The molecule has 1 aromatic carbocycles. The minimum atomic E-state index is 1.07. The van der Waals surface area contributed by atoms with Crippen LogP contribution in [0.2, 0.25) is 0 Å². The van der Waals surface area contributed by atoms with Crippen molar-refractivity contribution in [3.8, 4) is 0 Å². The fourth-order valence-electron chi connectivity index (χ4n) is 1.68. The second kappa shape index (κ2) is 3.48. The van der Waals surface area contributed by atoms with Crippen molar-refractivity contribution in [1.29, 1.82) is 0 Å². The highest BCUT2D eigenvalue weighted by atomic mass is 32.1. The van der Waals surface area contributed by atoms with E-state index in [1.165, 1.54) is 16.0 Å². The second-order valence-electron chi connectivity index (χ2n) is 3.39. The Hall–Kier alpha value is -1.67. The lowest BCUT2D eigenvalue weighted by Gasteiger charge is -1.97. The van der Waals surface area contributed by atoms with Gasteiger partial charge in [0.25, 0.3) is 0 Å². The average Bonchev–Trinajstić information content (AvgIpc) is 2.89. The molecule has 1 aromatic heterocycles. The van der Waals surface area contributed by atoms with E-state index in [1.807, 2.05) is 18.3 Å². The molecule has 72 valence electrons. The number of rotatable bonds is 1. The van der Waals surface area contributed by atoms with Crippen LogP contribution in [0.3, 0.4) is 0 Å². The third-order valence-electron chi connectivity index (χ3n) is 2.40. The minimum absolute atomic E-state index is 1.07. The number of thiophene rings is 1. The lowest BCUT2D eigenvalue weighted by Crippen LogP contribution is -1.77. The van der Waals surface area contributed by atoms with Gasteiger partial charge in [-0.2, -0.15) is 0 Å². The second-order valence-corrected chi connectivity index (χ2v) is 4.37. The van der Waals surface area contributed by atoms with Crippen LogP contribution < -0.4 is 0 Å². The van der Waals surface area contributed by atoms with Gasteiger partial charge in [-0.15, -0.1) is 11.3 Å². The maximum absolute atomic E-state index is 4.37. The first-order valence-electron chi connectivity index (χ1n) is 4.82. The molecule has 1 aliphatic rings. The van der Waals surface area contributed by atoms with Crippen molar-refractivity contribution in [3.63, 3.8) is 0 Å². The quantitative estimate of drug-likeness (QED) is 0.676. The number of fused-ring (bicyclic) bond motifs is 1. The van der Waals surface area contributed by atoms with Crippen LogP contribution in [-0.4, -0.2) is 6.21 Å². The van der Waals surface area contributed by atoms with Crippen molar-refractivity contribution < 1.29 is 0 Å². The third-order valence-corrected chi connectivity index (χ3v) is 3.22. The van der Waals surface area contributed by atoms with E-state index < -0.39 is 0 Å². The molecule has 0 fully saturated rings. The fraction of sp³-hybridized carbons (Fsp3) is 0. The largest absolute Gasteiger partial charge is 0.256 e. The van der Waals surface area contributed by atoms with Crippen molar-refractivity contribution in [2.75, 3.05) is 0 Å². The van der Waals surface area contributed by atoms with Crippen molar-refractivity contribution in [3.05, 3.63) is 52.2 Å². The van der Waals surface area contributed by atoms with Gasteiger partial charge >= 0.3 is 0 Å². The van der Waals surface area contributed by atoms with Crippen molar-refractivity contribution in [2.45, 2.75) is 0 Å². The summed E-state index contributed by atoms with van der Waals surface area (Å²) in [5.41, 5.74) is 3.50. The van der Waals surface area contributed by atoms with E-state index in [1.54, 1.807) is 11.3 Å². The molecule has 0 amide bonds. The Kier molecular flexibility index (Phi) is 2.00. The lowest BCUT2D eigenvalue weighted by molar-refractivity contribution is 1.55. The number of allylic oxidation sites excluding steroid dienone is 1. The molecule has 0 saturated carbocycles. The normalized spacial score (nSPS) is 15.9. The van der Waals surface area contributed by atoms with E-state index in [-0.39, 0.29) is 0 Å². The van der Waals surface area contributed by atoms with Gasteiger partial charge in [-0.3, -0.25) is 4.99 Å². The molecular weight excluding hydrogens is 202 g/mol. The summed E-state index contributed by atoms with van der Waals surface area (Å²) in [5.74, 6) is 0. The van der Waals surface area contributed by atoms with Gasteiger partial charge in [-0.25, -0.2) is 0 Å². The minimum Gasteiger partial charge on any atom is -0.256 e. The van der Waals surface area contributed by atoms with Gasteiger partial charge in [-0.1, -0.05) is 24.3 Å². The Labute approximate surface area is 92.4 Å². The summed E-state index contributed by atoms with van der Waals surface area (Å²) in [7, 11) is 0. The highest BCUT2D eigenvalue weighted by molar-refractivity contribution is 7.10. The molecule has 0 unspecified atom stereocenters. The smallest absolute Gasteiger partial charge is 0.0708 e. The number of hydrogen-bond donors (Lipinski definition) is 0. The van der Waals surface area contributed by atoms with E-state index in [0.717, 1.165) is 5.69 Å². The Morgan fingerprint density at radius 1 is 1.07 bits per heavy atom. The van der Waals surface area contributed by atoms with Gasteiger partial charge in [0, 0.05) is 22.2 Å². The number of benzene rings is 1. The van der Waals surface area contributed by atoms with Crippen LogP contribution in [0.4, 0.5) is 5.69 Å². The summed E-state index contributed by atoms with van der Waals surface area (Å²) in [6, 6.07) is 12.4. The van der Waals surface area contributed by atoms with Crippen LogP contribution >= 0.6 is 11.3 Å². The van der Waals surface area contributed by atoms with Crippen LogP contribution in [0.15, 0.2) is 46.8 Å². The summed E-state index contributed by atoms with van der Waals surface area (Å²) in [6.45, 7) is 0. The van der Waals surface area contributed by atoms with Gasteiger partial charge in [0.2, 0.25) is 0 Å². The highest BCUT2D eigenvalue weighted by Gasteiger charge is 2.10. The zero-order valence-electron chi connectivity index (χ0n) is 8.05. The number of nitrogens with zero attached hydrogens (tertiary/aromatic N) is 1. The van der Waals surface area contributed by atoms with Gasteiger partial charge < -0.3 is 0 Å². The van der Waals surface area contributed by atoms with Gasteiger partial charge in [-0.05, 0) is 23.6 Å². The Balaban J connectivity index is 2.08. The molecular formula is C13H9NS. The zero-order valence-corrected chi connectivity index (χ0v) is 8.87. The molecule has 0 spiro atoms. The molecule has 2 heteroatoms. The van der Waals surface area contributed by atoms with E-state index >= 15 is 0 Å². The lowest BCUT2D eigenvalue weighted by atomic mass is 10.1. The molecule has 1 aliphatic heterocycles. The summed E-state index contributed by atoms with van der Waals surface area (Å²) in [4.78, 5) is 5.64. The van der Waals surface area contributed by atoms with Crippen LogP contribution in [0.5, 0.6) is 0 Å². The molecule has 0 bridgehead atoms. The van der Waals surface area contributed by atoms with Gasteiger partial charge in [0.05, 0.1) is 5.69 Å². The van der Waals surface area contributed by atoms with E-state index in [9.17, 15) is 0 Å². The van der Waals surface area contributed by atoms with Crippen molar-refractivity contribution in [1.82, 2.24) is 0 Å². The van der Waals surface area contributed by atoms with Crippen LogP contribution in [-0.2, 0) is 0 Å². The number of aliphatic imine (C=N–C) groups is 1. The van der Waals surface area contributed by atoms with Crippen LogP contribution in [0.25, 0.3) is 11.6 Å². The summed E-state index contributed by atoms with van der Waals surface area (Å²) in [6.07, 6.45) is 4.12. The average molecular weight is 211 g/mol. The Bertz CT molecular complexity index is 535. The number of para-hydroxylation sites is 1. The predicted octanol–water partition coefficient (Wildman–Crippen LogP) is 4.00. The Morgan fingerprint density at radius 2 is 2.00 bits per heavy atom. The first kappa shape index (κ1) is 8.62. The molecule has 0 N–H and O–H groups in total. The maximum Gasteiger partial charge on any atom is 0.0708 e. The zero-order chi connectivity index (χ0) is 10.1.